The predicted octanol–water partition coefficient (Wildman–Crippen LogP) is 2.40. The zero-order valence-electron chi connectivity index (χ0n) is 9.42. The summed E-state index contributed by atoms with van der Waals surface area (Å²) in [7, 11) is 0. The Morgan fingerprint density at radius 3 is 2.60 bits per heavy atom. The van der Waals surface area contributed by atoms with Crippen molar-refractivity contribution in [2.75, 3.05) is 0 Å². The van der Waals surface area contributed by atoms with E-state index in [-0.39, 0.29) is 5.56 Å². The first-order valence-electron chi connectivity index (χ1n) is 5.03. The summed E-state index contributed by atoms with van der Waals surface area (Å²) in [6.45, 7) is 8.56. The Labute approximate surface area is 92.4 Å². The zero-order valence-corrected chi connectivity index (χ0v) is 10.2. The van der Waals surface area contributed by atoms with E-state index in [4.69, 9.17) is 0 Å². The van der Waals surface area contributed by atoms with E-state index in [1.807, 2.05) is 27.7 Å². The minimum atomic E-state index is 0.0989. The van der Waals surface area contributed by atoms with Crippen molar-refractivity contribution in [1.82, 2.24) is 9.55 Å². The largest absolute Gasteiger partial charge is 0.297 e. The van der Waals surface area contributed by atoms with Gasteiger partial charge in [0.2, 0.25) is 0 Å². The average molecular weight is 222 g/mol. The highest BCUT2D eigenvalue weighted by atomic mass is 32.1. The van der Waals surface area contributed by atoms with Crippen LogP contribution < -0.4 is 5.56 Å². The summed E-state index contributed by atoms with van der Waals surface area (Å²) in [5.41, 5.74) is 1.18. The molecule has 0 fully saturated rings. The quantitative estimate of drug-likeness (QED) is 0.742. The maximum absolute atomic E-state index is 12.1. The number of rotatable bonds is 1. The number of aryl methyl sites for hydroxylation is 3. The van der Waals surface area contributed by atoms with Gasteiger partial charge in [-0.05, 0) is 33.3 Å². The number of thiophene rings is 1. The van der Waals surface area contributed by atoms with Gasteiger partial charge in [0.25, 0.3) is 5.56 Å². The van der Waals surface area contributed by atoms with Crippen LogP contribution in [0.2, 0.25) is 0 Å². The van der Waals surface area contributed by atoms with Crippen LogP contribution in [0.3, 0.4) is 0 Å². The molecule has 0 amide bonds. The molecule has 0 bridgehead atoms. The summed E-state index contributed by atoms with van der Waals surface area (Å²) < 4.78 is 1.72. The fraction of sp³-hybridized carbons (Fsp3) is 0.455. The van der Waals surface area contributed by atoms with Gasteiger partial charge in [-0.3, -0.25) is 9.36 Å². The zero-order chi connectivity index (χ0) is 11.2. The Bertz CT molecular complexity index is 580. The lowest BCUT2D eigenvalue weighted by molar-refractivity contribution is 0.686. The normalized spacial score (nSPS) is 11.2. The Morgan fingerprint density at radius 1 is 1.33 bits per heavy atom. The van der Waals surface area contributed by atoms with E-state index in [1.54, 1.807) is 15.9 Å². The molecule has 0 atom stereocenters. The van der Waals surface area contributed by atoms with Crippen LogP contribution in [-0.2, 0) is 6.54 Å². The van der Waals surface area contributed by atoms with Crippen molar-refractivity contribution < 1.29 is 0 Å². The van der Waals surface area contributed by atoms with E-state index in [2.05, 4.69) is 4.98 Å². The molecule has 0 aromatic carbocycles. The van der Waals surface area contributed by atoms with Crippen LogP contribution in [-0.4, -0.2) is 9.55 Å². The third-order valence-corrected chi connectivity index (χ3v) is 3.90. The SMILES string of the molecule is CCn1c(C)nc2sc(C)c(C)c2c1=O. The van der Waals surface area contributed by atoms with E-state index >= 15 is 0 Å². The Hall–Kier alpha value is -1.16. The molecule has 0 spiro atoms. The molecule has 0 saturated carbocycles. The van der Waals surface area contributed by atoms with Gasteiger partial charge in [-0.1, -0.05) is 0 Å². The number of aromatic nitrogens is 2. The monoisotopic (exact) mass is 222 g/mol. The molecule has 0 aliphatic heterocycles. The van der Waals surface area contributed by atoms with Crippen LogP contribution in [0.15, 0.2) is 4.79 Å². The molecule has 0 unspecified atom stereocenters. The van der Waals surface area contributed by atoms with E-state index < -0.39 is 0 Å². The van der Waals surface area contributed by atoms with Gasteiger partial charge in [-0.15, -0.1) is 11.3 Å². The van der Waals surface area contributed by atoms with Crippen molar-refractivity contribution >= 4 is 21.6 Å². The van der Waals surface area contributed by atoms with Gasteiger partial charge in [0.15, 0.2) is 0 Å². The molecular weight excluding hydrogens is 208 g/mol. The molecule has 0 N–H and O–H groups in total. The smallest absolute Gasteiger partial charge is 0.262 e. The summed E-state index contributed by atoms with van der Waals surface area (Å²) in [6, 6.07) is 0. The van der Waals surface area contributed by atoms with Crippen LogP contribution in [0.25, 0.3) is 10.2 Å². The lowest BCUT2D eigenvalue weighted by Gasteiger charge is -2.05. The molecule has 15 heavy (non-hydrogen) atoms. The summed E-state index contributed by atoms with van der Waals surface area (Å²) in [5.74, 6) is 0.802. The molecule has 2 heterocycles. The molecule has 80 valence electrons. The van der Waals surface area contributed by atoms with Crippen LogP contribution in [0.1, 0.15) is 23.2 Å². The first-order valence-corrected chi connectivity index (χ1v) is 5.85. The molecule has 0 aliphatic rings. The van der Waals surface area contributed by atoms with Crippen molar-refractivity contribution in [2.24, 2.45) is 0 Å². The molecule has 2 aromatic heterocycles. The molecule has 4 heteroatoms. The maximum Gasteiger partial charge on any atom is 0.262 e. The minimum absolute atomic E-state index is 0.0989. The van der Waals surface area contributed by atoms with Crippen molar-refractivity contribution in [3.05, 3.63) is 26.6 Å². The lowest BCUT2D eigenvalue weighted by Crippen LogP contribution is -2.22. The van der Waals surface area contributed by atoms with Crippen LogP contribution >= 0.6 is 11.3 Å². The summed E-state index contributed by atoms with van der Waals surface area (Å²) >= 11 is 1.60. The van der Waals surface area contributed by atoms with E-state index in [1.165, 1.54) is 4.88 Å². The minimum Gasteiger partial charge on any atom is -0.297 e. The highest BCUT2D eigenvalue weighted by molar-refractivity contribution is 7.18. The second-order valence-electron chi connectivity index (χ2n) is 3.67. The van der Waals surface area contributed by atoms with Crippen molar-refractivity contribution in [3.8, 4) is 0 Å². The molecule has 0 saturated heterocycles. The van der Waals surface area contributed by atoms with E-state index in [0.717, 1.165) is 21.6 Å². The summed E-state index contributed by atoms with van der Waals surface area (Å²) in [5, 5.41) is 0.796. The predicted molar refractivity (Wildman–Crippen MR) is 63.8 cm³/mol. The number of hydrogen-bond donors (Lipinski definition) is 0. The van der Waals surface area contributed by atoms with Gasteiger partial charge in [-0.25, -0.2) is 4.98 Å². The third-order valence-electron chi connectivity index (χ3n) is 2.80. The van der Waals surface area contributed by atoms with E-state index in [0.29, 0.717) is 6.54 Å². The molecule has 0 radical (unpaired) electrons. The van der Waals surface area contributed by atoms with Gasteiger partial charge in [0.05, 0.1) is 5.39 Å². The second kappa shape index (κ2) is 3.45. The molecular formula is C11H14N2OS. The van der Waals surface area contributed by atoms with Crippen LogP contribution in [0, 0.1) is 20.8 Å². The van der Waals surface area contributed by atoms with Crippen molar-refractivity contribution in [2.45, 2.75) is 34.2 Å². The summed E-state index contributed by atoms with van der Waals surface area (Å²) in [6.07, 6.45) is 0. The van der Waals surface area contributed by atoms with Gasteiger partial charge in [-0.2, -0.15) is 0 Å². The standard InChI is InChI=1S/C11H14N2OS/c1-5-13-8(4)12-10-9(11(13)14)6(2)7(3)15-10/h5H2,1-4H3. The fourth-order valence-corrected chi connectivity index (χ4v) is 2.87. The second-order valence-corrected chi connectivity index (χ2v) is 4.88. The number of nitrogens with zero attached hydrogens (tertiary/aromatic N) is 2. The Balaban J connectivity index is 2.99. The molecule has 3 nitrogen and oxygen atoms in total. The fourth-order valence-electron chi connectivity index (χ4n) is 1.80. The Kier molecular flexibility index (Phi) is 2.38. The van der Waals surface area contributed by atoms with E-state index in [9.17, 15) is 4.79 Å². The number of fused-ring (bicyclic) bond motifs is 1. The van der Waals surface area contributed by atoms with Crippen molar-refractivity contribution in [3.63, 3.8) is 0 Å². The first kappa shape index (κ1) is 10.4. The molecule has 2 rings (SSSR count). The van der Waals surface area contributed by atoms with Gasteiger partial charge >= 0.3 is 0 Å². The molecule has 2 aromatic rings. The highest BCUT2D eigenvalue weighted by Crippen LogP contribution is 2.25. The highest BCUT2D eigenvalue weighted by Gasteiger charge is 2.13. The topological polar surface area (TPSA) is 34.9 Å². The van der Waals surface area contributed by atoms with Crippen LogP contribution in [0.5, 0.6) is 0 Å². The Morgan fingerprint density at radius 2 is 2.00 bits per heavy atom. The van der Waals surface area contributed by atoms with Crippen LogP contribution in [0.4, 0.5) is 0 Å². The lowest BCUT2D eigenvalue weighted by atomic mass is 10.2. The number of hydrogen-bond acceptors (Lipinski definition) is 3. The van der Waals surface area contributed by atoms with Gasteiger partial charge in [0.1, 0.15) is 10.7 Å². The first-order chi connectivity index (χ1) is 7.06. The van der Waals surface area contributed by atoms with Crippen molar-refractivity contribution in [1.29, 1.82) is 0 Å². The summed E-state index contributed by atoms with van der Waals surface area (Å²) in [4.78, 5) is 18.7. The average Bonchev–Trinajstić information content (AvgIpc) is 2.43. The maximum atomic E-state index is 12.1. The molecule has 0 aliphatic carbocycles. The van der Waals surface area contributed by atoms with Gasteiger partial charge < -0.3 is 0 Å². The third kappa shape index (κ3) is 1.40. The van der Waals surface area contributed by atoms with Gasteiger partial charge in [0, 0.05) is 11.4 Å².